The van der Waals surface area contributed by atoms with Gasteiger partial charge in [-0.25, -0.2) is 8.42 Å². The largest absolute Gasteiger partial charge is 0.435 e. The Kier molecular flexibility index (Phi) is 5.05. The van der Waals surface area contributed by atoms with Crippen LogP contribution >= 0.6 is 0 Å². The van der Waals surface area contributed by atoms with E-state index in [4.69, 9.17) is 0 Å². The second kappa shape index (κ2) is 7.09. The third kappa shape index (κ3) is 3.98. The summed E-state index contributed by atoms with van der Waals surface area (Å²) in [5, 5.41) is 2.65. The number of nitrogens with zero attached hydrogens (tertiary/aromatic N) is 1. The van der Waals surface area contributed by atoms with E-state index in [0.29, 0.717) is 12.0 Å². The van der Waals surface area contributed by atoms with Gasteiger partial charge in [-0.3, -0.25) is 4.79 Å². The van der Waals surface area contributed by atoms with Gasteiger partial charge in [0.25, 0.3) is 0 Å². The van der Waals surface area contributed by atoms with Gasteiger partial charge in [-0.1, -0.05) is 6.07 Å². The molecule has 0 aromatic heterocycles. The number of halogens is 2. The minimum Gasteiger partial charge on any atom is -0.435 e. The molecule has 0 radical (unpaired) electrons. The number of ether oxygens (including phenoxy) is 1. The minimum absolute atomic E-state index is 0.0607. The lowest BCUT2D eigenvalue weighted by Crippen LogP contribution is -2.35. The van der Waals surface area contributed by atoms with Crippen molar-refractivity contribution in [2.45, 2.75) is 25.9 Å². The van der Waals surface area contributed by atoms with E-state index in [9.17, 15) is 22.0 Å². The van der Waals surface area contributed by atoms with E-state index in [1.165, 1.54) is 16.4 Å². The Morgan fingerprint density at radius 1 is 1.16 bits per heavy atom. The van der Waals surface area contributed by atoms with Crippen LogP contribution in [0.15, 0.2) is 23.1 Å². The van der Waals surface area contributed by atoms with Crippen molar-refractivity contribution >= 4 is 22.0 Å². The van der Waals surface area contributed by atoms with Crippen LogP contribution in [-0.4, -0.2) is 44.9 Å². The van der Waals surface area contributed by atoms with Gasteiger partial charge in [0.05, 0.1) is 4.91 Å². The summed E-state index contributed by atoms with van der Waals surface area (Å²) < 4.78 is 55.9. The van der Waals surface area contributed by atoms with Gasteiger partial charge in [-0.05, 0) is 42.2 Å². The number of rotatable bonds is 4. The maximum Gasteiger partial charge on any atom is 0.387 e. The number of amides is 1. The summed E-state index contributed by atoms with van der Waals surface area (Å²) >= 11 is 0. The van der Waals surface area contributed by atoms with Crippen LogP contribution in [0.3, 0.4) is 0 Å². The zero-order valence-electron chi connectivity index (χ0n) is 13.4. The number of nitrogens with one attached hydrogen (secondary N) is 1. The van der Waals surface area contributed by atoms with Crippen molar-refractivity contribution in [3.05, 3.63) is 34.2 Å². The first-order chi connectivity index (χ1) is 11.9. The number of allylic oxidation sites excluding steroid dienone is 1. The van der Waals surface area contributed by atoms with Crippen LogP contribution in [0, 0.1) is 0 Å². The average molecular weight is 372 g/mol. The molecule has 0 spiro atoms. The third-order valence-corrected chi connectivity index (χ3v) is 6.27. The summed E-state index contributed by atoms with van der Waals surface area (Å²) in [6, 6.07) is 4.48. The monoisotopic (exact) mass is 372 g/mol. The number of fused-ring (bicyclic) bond motifs is 1. The van der Waals surface area contributed by atoms with E-state index >= 15 is 0 Å². The summed E-state index contributed by atoms with van der Waals surface area (Å²) in [4.78, 5) is 11.7. The van der Waals surface area contributed by atoms with Crippen LogP contribution in [0.1, 0.15) is 24.0 Å². The minimum atomic E-state index is -3.65. The second-order valence-corrected chi connectivity index (χ2v) is 7.84. The topological polar surface area (TPSA) is 75.7 Å². The molecule has 2 aliphatic rings. The molecule has 1 saturated heterocycles. The smallest absolute Gasteiger partial charge is 0.387 e. The maximum absolute atomic E-state index is 12.8. The van der Waals surface area contributed by atoms with Gasteiger partial charge in [-0.2, -0.15) is 13.1 Å². The highest BCUT2D eigenvalue weighted by atomic mass is 32.2. The quantitative estimate of drug-likeness (QED) is 0.873. The van der Waals surface area contributed by atoms with Crippen LogP contribution in [0.2, 0.25) is 0 Å². The molecule has 3 rings (SSSR count). The van der Waals surface area contributed by atoms with Gasteiger partial charge in [-0.15, -0.1) is 0 Å². The van der Waals surface area contributed by atoms with Gasteiger partial charge >= 0.3 is 6.61 Å². The van der Waals surface area contributed by atoms with E-state index < -0.39 is 16.6 Å². The SMILES string of the molecule is O=C1CCN(S(=O)(=O)C2=Cc3ccc(OC(F)F)cc3CC2)CCN1. The zero-order chi connectivity index (χ0) is 18.0. The van der Waals surface area contributed by atoms with Crippen molar-refractivity contribution in [2.24, 2.45) is 0 Å². The summed E-state index contributed by atoms with van der Waals surface area (Å²) in [7, 11) is -3.65. The summed E-state index contributed by atoms with van der Waals surface area (Å²) in [5.74, 6) is -0.0993. The van der Waals surface area contributed by atoms with Crippen LogP contribution < -0.4 is 10.1 Å². The molecule has 0 unspecified atom stereocenters. The number of sulfonamides is 1. The molecule has 0 atom stereocenters. The Morgan fingerprint density at radius 2 is 1.96 bits per heavy atom. The molecule has 25 heavy (non-hydrogen) atoms. The predicted octanol–water partition coefficient (Wildman–Crippen LogP) is 1.73. The lowest BCUT2D eigenvalue weighted by atomic mass is 9.97. The van der Waals surface area contributed by atoms with Crippen molar-refractivity contribution in [3.63, 3.8) is 0 Å². The summed E-state index contributed by atoms with van der Waals surface area (Å²) in [5.41, 5.74) is 1.44. The Morgan fingerprint density at radius 3 is 2.72 bits per heavy atom. The molecule has 1 aliphatic carbocycles. The number of aryl methyl sites for hydroxylation is 1. The highest BCUT2D eigenvalue weighted by Crippen LogP contribution is 2.31. The van der Waals surface area contributed by atoms with Crippen LogP contribution in [0.5, 0.6) is 5.75 Å². The first kappa shape index (κ1) is 17.8. The van der Waals surface area contributed by atoms with Crippen molar-refractivity contribution < 1.29 is 26.7 Å². The fourth-order valence-corrected chi connectivity index (χ4v) is 4.61. The first-order valence-electron chi connectivity index (χ1n) is 7.91. The van der Waals surface area contributed by atoms with Crippen molar-refractivity contribution in [2.75, 3.05) is 19.6 Å². The summed E-state index contributed by atoms with van der Waals surface area (Å²) in [6.45, 7) is -2.22. The van der Waals surface area contributed by atoms with Crippen molar-refractivity contribution in [1.29, 1.82) is 0 Å². The second-order valence-electron chi connectivity index (χ2n) is 5.85. The number of carbonyl (C=O) groups excluding carboxylic acids is 1. The molecule has 136 valence electrons. The van der Waals surface area contributed by atoms with E-state index in [1.54, 1.807) is 12.1 Å². The fourth-order valence-electron chi connectivity index (χ4n) is 2.98. The predicted molar refractivity (Wildman–Crippen MR) is 87.5 cm³/mol. The Hall–Kier alpha value is -2.00. The molecule has 1 amide bonds. The van der Waals surface area contributed by atoms with Gasteiger partial charge in [0.15, 0.2) is 0 Å². The molecule has 9 heteroatoms. The summed E-state index contributed by atoms with van der Waals surface area (Å²) in [6.07, 6.45) is 2.41. The lowest BCUT2D eigenvalue weighted by molar-refractivity contribution is -0.120. The molecular formula is C16H18F2N2O4S. The lowest BCUT2D eigenvalue weighted by Gasteiger charge is -2.24. The van der Waals surface area contributed by atoms with Crippen LogP contribution in [0.4, 0.5) is 8.78 Å². The first-order valence-corrected chi connectivity index (χ1v) is 9.35. The van der Waals surface area contributed by atoms with Crippen LogP contribution in [0.25, 0.3) is 6.08 Å². The van der Waals surface area contributed by atoms with Gasteiger partial charge < -0.3 is 10.1 Å². The molecule has 1 aromatic carbocycles. The molecule has 1 fully saturated rings. The highest BCUT2D eigenvalue weighted by molar-refractivity contribution is 7.93. The Balaban J connectivity index is 1.84. The standard InChI is InChI=1S/C16H18F2N2O4S/c17-16(18)24-13-3-1-12-10-14(4-2-11(12)9-13)25(22,23)20-7-5-15(21)19-6-8-20/h1,3,9-10,16H,2,4-8H2,(H,19,21). The van der Waals surface area contributed by atoms with E-state index in [2.05, 4.69) is 10.1 Å². The average Bonchev–Trinajstić information content (AvgIpc) is 2.78. The third-order valence-electron chi connectivity index (χ3n) is 4.24. The van der Waals surface area contributed by atoms with Crippen molar-refractivity contribution in [3.8, 4) is 5.75 Å². The molecule has 6 nitrogen and oxygen atoms in total. The molecule has 0 saturated carbocycles. The highest BCUT2D eigenvalue weighted by Gasteiger charge is 2.30. The van der Waals surface area contributed by atoms with Gasteiger partial charge in [0.2, 0.25) is 15.9 Å². The number of hydrogen-bond donors (Lipinski definition) is 1. The Bertz CT molecular complexity index is 808. The van der Waals surface area contributed by atoms with Gasteiger partial charge in [0, 0.05) is 26.1 Å². The molecular weight excluding hydrogens is 354 g/mol. The zero-order valence-corrected chi connectivity index (χ0v) is 14.2. The molecule has 1 aliphatic heterocycles. The number of carbonyl (C=O) groups is 1. The Labute approximate surface area is 144 Å². The van der Waals surface area contributed by atoms with E-state index in [1.807, 2.05) is 0 Å². The van der Waals surface area contributed by atoms with Crippen molar-refractivity contribution in [1.82, 2.24) is 9.62 Å². The number of hydrogen-bond acceptors (Lipinski definition) is 4. The number of benzene rings is 1. The fraction of sp³-hybridized carbons (Fsp3) is 0.438. The molecule has 1 N–H and O–H groups in total. The normalized spacial score (nSPS) is 19.0. The number of alkyl halides is 2. The van der Waals surface area contributed by atoms with E-state index in [-0.39, 0.29) is 49.0 Å². The molecule has 1 aromatic rings. The maximum atomic E-state index is 12.8. The molecule has 1 heterocycles. The van der Waals surface area contributed by atoms with Gasteiger partial charge in [0.1, 0.15) is 5.75 Å². The molecule has 0 bridgehead atoms. The van der Waals surface area contributed by atoms with Crippen LogP contribution in [-0.2, 0) is 21.2 Å². The van der Waals surface area contributed by atoms with E-state index in [0.717, 1.165) is 5.56 Å².